The Kier molecular flexibility index (Phi) is 10.3. The maximum absolute atomic E-state index is 5.35. The molecule has 0 saturated heterocycles. The van der Waals surface area contributed by atoms with Gasteiger partial charge in [-0.3, -0.25) is 0 Å². The molecule has 0 aliphatic heterocycles. The van der Waals surface area contributed by atoms with Crippen LogP contribution in [-0.4, -0.2) is 64.3 Å². The van der Waals surface area contributed by atoms with Crippen molar-refractivity contribution >= 4 is 0 Å². The summed E-state index contributed by atoms with van der Waals surface area (Å²) in [6, 6.07) is 9.99. The van der Waals surface area contributed by atoms with Crippen LogP contribution in [0.15, 0.2) is 30.3 Å². The van der Waals surface area contributed by atoms with E-state index in [9.17, 15) is 0 Å². The molecule has 128 valence electrons. The molecule has 0 aliphatic carbocycles. The Morgan fingerprint density at radius 1 is 0.682 bits per heavy atom. The van der Waals surface area contributed by atoms with Crippen LogP contribution in [0.25, 0.3) is 0 Å². The fraction of sp³-hybridized carbons (Fsp3) is 0.684. The molecule has 0 amide bonds. The van der Waals surface area contributed by atoms with E-state index in [0.29, 0.717) is 6.54 Å². The molecule has 0 saturated carbocycles. The van der Waals surface area contributed by atoms with Crippen LogP contribution < -0.4 is 5.73 Å². The molecule has 0 heterocycles. The molecule has 0 aromatic heterocycles. The molecule has 0 fully saturated rings. The van der Waals surface area contributed by atoms with Gasteiger partial charge in [-0.05, 0) is 31.2 Å². The number of nitrogens with two attached hydrogens (primary N) is 1. The lowest BCUT2D eigenvalue weighted by Gasteiger charge is -2.25. The van der Waals surface area contributed by atoms with Gasteiger partial charge in [-0.1, -0.05) is 30.3 Å². The van der Waals surface area contributed by atoms with Gasteiger partial charge in [0.15, 0.2) is 0 Å². The molecule has 0 atom stereocenters. The summed E-state index contributed by atoms with van der Waals surface area (Å²) in [7, 11) is 13.6. The van der Waals surface area contributed by atoms with Crippen molar-refractivity contribution in [1.29, 1.82) is 0 Å². The molecule has 0 spiro atoms. The zero-order chi connectivity index (χ0) is 17.1. The first-order chi connectivity index (χ1) is 10.1. The van der Waals surface area contributed by atoms with Gasteiger partial charge in [-0.25, -0.2) is 0 Å². The van der Waals surface area contributed by atoms with Gasteiger partial charge in [-0.2, -0.15) is 0 Å². The van der Waals surface area contributed by atoms with Crippen molar-refractivity contribution in [2.45, 2.75) is 32.2 Å². The highest BCUT2D eigenvalue weighted by atomic mass is 15.3. The molecule has 1 rings (SSSR count). The molecule has 0 radical (unpaired) electrons. The van der Waals surface area contributed by atoms with Crippen LogP contribution in [0.4, 0.5) is 0 Å². The monoisotopic (exact) mass is 309 g/mol. The Bertz CT molecular complexity index is 343. The molecular weight excluding hydrogens is 270 g/mol. The summed E-state index contributed by atoms with van der Waals surface area (Å²) in [5, 5.41) is 0. The third kappa shape index (κ3) is 15.5. The van der Waals surface area contributed by atoms with Crippen molar-refractivity contribution in [2.75, 3.05) is 55.4 Å². The molecule has 0 unspecified atom stereocenters. The third-order valence-electron chi connectivity index (χ3n) is 3.49. The number of rotatable bonds is 8. The van der Waals surface area contributed by atoms with Crippen LogP contribution in [-0.2, 0) is 6.54 Å². The summed E-state index contributed by atoms with van der Waals surface area (Å²) in [5.41, 5.74) is 6.54. The number of nitrogens with zero attached hydrogens (tertiary/aromatic N) is 2. The van der Waals surface area contributed by atoms with E-state index in [4.69, 9.17) is 5.73 Å². The number of hydrogen-bond acceptors (Lipinski definition) is 1. The lowest BCUT2D eigenvalue weighted by Crippen LogP contribution is -2.35. The minimum absolute atomic E-state index is 0.640. The molecular formula is C19H39N3+2. The molecule has 3 heteroatoms. The minimum atomic E-state index is 0.640. The molecule has 2 N–H and O–H groups in total. The second-order valence-electron chi connectivity index (χ2n) is 8.13. The summed E-state index contributed by atoms with van der Waals surface area (Å²) in [5.74, 6) is 0. The lowest BCUT2D eigenvalue weighted by atomic mass is 10.1. The van der Waals surface area contributed by atoms with E-state index in [1.807, 2.05) is 30.3 Å². The standard InChI is InChI=1S/C12H30N2.C7H9N/c1-13(2,3)11-9-7-8-10-12-14(4,5)6;8-6-7-4-2-1-3-5-7/h7-12H2,1-6H3;1-5H,6,8H2/q+2;. The molecule has 1 aromatic rings. The van der Waals surface area contributed by atoms with Crippen LogP contribution >= 0.6 is 0 Å². The highest BCUT2D eigenvalue weighted by Crippen LogP contribution is 2.05. The quantitative estimate of drug-likeness (QED) is 0.579. The first-order valence-electron chi connectivity index (χ1n) is 8.49. The maximum Gasteiger partial charge on any atom is 0.0780 e. The molecule has 22 heavy (non-hydrogen) atoms. The fourth-order valence-corrected chi connectivity index (χ4v) is 2.14. The van der Waals surface area contributed by atoms with E-state index in [2.05, 4.69) is 42.3 Å². The van der Waals surface area contributed by atoms with Crippen molar-refractivity contribution in [3.05, 3.63) is 35.9 Å². The Morgan fingerprint density at radius 2 is 1.09 bits per heavy atom. The van der Waals surface area contributed by atoms with E-state index < -0.39 is 0 Å². The predicted octanol–water partition coefficient (Wildman–Crippen LogP) is 3.10. The van der Waals surface area contributed by atoms with Gasteiger partial charge < -0.3 is 14.7 Å². The van der Waals surface area contributed by atoms with Crippen molar-refractivity contribution in [2.24, 2.45) is 5.73 Å². The Morgan fingerprint density at radius 3 is 1.36 bits per heavy atom. The third-order valence-corrected chi connectivity index (χ3v) is 3.49. The second kappa shape index (κ2) is 10.8. The summed E-state index contributed by atoms with van der Waals surface area (Å²) >= 11 is 0. The normalized spacial score (nSPS) is 11.8. The highest BCUT2D eigenvalue weighted by molar-refractivity contribution is 5.13. The van der Waals surface area contributed by atoms with Gasteiger partial charge in [0.1, 0.15) is 0 Å². The predicted molar refractivity (Wildman–Crippen MR) is 98.6 cm³/mol. The van der Waals surface area contributed by atoms with Crippen molar-refractivity contribution in [3.63, 3.8) is 0 Å². The molecule has 3 nitrogen and oxygen atoms in total. The first-order valence-corrected chi connectivity index (χ1v) is 8.49. The SMILES string of the molecule is C[N+](C)(C)CCCCCC[N+](C)(C)C.NCc1ccccc1. The summed E-state index contributed by atoms with van der Waals surface area (Å²) < 4.78 is 2.21. The molecule has 0 bridgehead atoms. The van der Waals surface area contributed by atoms with Gasteiger partial charge in [0.05, 0.1) is 55.4 Å². The maximum atomic E-state index is 5.35. The largest absolute Gasteiger partial charge is 0.331 e. The Hall–Kier alpha value is -0.900. The van der Waals surface area contributed by atoms with Crippen molar-refractivity contribution in [3.8, 4) is 0 Å². The van der Waals surface area contributed by atoms with Crippen LogP contribution in [0, 0.1) is 0 Å². The smallest absolute Gasteiger partial charge is 0.0780 e. The van der Waals surface area contributed by atoms with Crippen LogP contribution in [0.1, 0.15) is 31.2 Å². The zero-order valence-corrected chi connectivity index (χ0v) is 15.8. The van der Waals surface area contributed by atoms with Crippen LogP contribution in [0.5, 0.6) is 0 Å². The number of unbranched alkanes of at least 4 members (excludes halogenated alkanes) is 3. The Balaban J connectivity index is 0.000000461. The van der Waals surface area contributed by atoms with Gasteiger partial charge >= 0.3 is 0 Å². The van der Waals surface area contributed by atoms with Crippen LogP contribution in [0.2, 0.25) is 0 Å². The highest BCUT2D eigenvalue weighted by Gasteiger charge is 2.07. The topological polar surface area (TPSA) is 26.0 Å². The van der Waals surface area contributed by atoms with E-state index in [-0.39, 0.29) is 0 Å². The molecule has 0 aliphatic rings. The fourth-order valence-electron chi connectivity index (χ4n) is 2.14. The minimum Gasteiger partial charge on any atom is -0.331 e. The van der Waals surface area contributed by atoms with E-state index >= 15 is 0 Å². The van der Waals surface area contributed by atoms with Gasteiger partial charge in [0.2, 0.25) is 0 Å². The average molecular weight is 310 g/mol. The molecule has 1 aromatic carbocycles. The van der Waals surface area contributed by atoms with Crippen molar-refractivity contribution in [1.82, 2.24) is 0 Å². The zero-order valence-electron chi connectivity index (χ0n) is 15.8. The van der Waals surface area contributed by atoms with Gasteiger partial charge in [0.25, 0.3) is 0 Å². The number of benzene rings is 1. The number of quaternary nitrogens is 2. The van der Waals surface area contributed by atoms with E-state index in [1.54, 1.807) is 0 Å². The summed E-state index contributed by atoms with van der Waals surface area (Å²) in [4.78, 5) is 0. The van der Waals surface area contributed by atoms with E-state index in [0.717, 1.165) is 8.97 Å². The van der Waals surface area contributed by atoms with Crippen LogP contribution in [0.3, 0.4) is 0 Å². The van der Waals surface area contributed by atoms with Gasteiger partial charge in [-0.15, -0.1) is 0 Å². The van der Waals surface area contributed by atoms with Gasteiger partial charge in [0, 0.05) is 6.54 Å². The average Bonchev–Trinajstić information content (AvgIpc) is 2.42. The van der Waals surface area contributed by atoms with Crippen molar-refractivity contribution < 1.29 is 8.97 Å². The Labute approximate surface area is 138 Å². The first kappa shape index (κ1) is 21.1. The summed E-state index contributed by atoms with van der Waals surface area (Å²) in [6.07, 6.45) is 5.55. The summed E-state index contributed by atoms with van der Waals surface area (Å²) in [6.45, 7) is 3.26. The second-order valence-corrected chi connectivity index (χ2v) is 8.13. The lowest BCUT2D eigenvalue weighted by molar-refractivity contribution is -0.871. The number of hydrogen-bond donors (Lipinski definition) is 1. The van der Waals surface area contributed by atoms with E-state index in [1.165, 1.54) is 44.3 Å².